The molecule has 0 bridgehead atoms. The van der Waals surface area contributed by atoms with E-state index < -0.39 is 23.7 Å². The van der Waals surface area contributed by atoms with Crippen molar-refractivity contribution in [3.05, 3.63) is 76.2 Å². The number of nitrogens with one attached hydrogen (secondary N) is 1. The number of benzene rings is 2. The van der Waals surface area contributed by atoms with Gasteiger partial charge in [0.1, 0.15) is 10.6 Å². The molecule has 0 fully saturated rings. The summed E-state index contributed by atoms with van der Waals surface area (Å²) in [6, 6.07) is 14.4. The summed E-state index contributed by atoms with van der Waals surface area (Å²) in [5, 5.41) is 4.91. The molecule has 2 aromatic carbocycles. The Morgan fingerprint density at radius 1 is 0.970 bits per heavy atom. The summed E-state index contributed by atoms with van der Waals surface area (Å²) in [7, 11) is 1.29. The molecule has 0 spiro atoms. The second kappa shape index (κ2) is 9.38. The van der Waals surface area contributed by atoms with Crippen molar-refractivity contribution in [2.75, 3.05) is 19.0 Å². The normalized spacial score (nSPS) is 12.6. The summed E-state index contributed by atoms with van der Waals surface area (Å²) in [5.41, 5.74) is 3.65. The number of hydrogen-bond acceptors (Lipinski definition) is 6. The summed E-state index contributed by atoms with van der Waals surface area (Å²) < 4.78 is 4.95. The summed E-state index contributed by atoms with van der Waals surface area (Å²) >= 11 is 1.22. The fourth-order valence-electron chi connectivity index (χ4n) is 3.73. The Kier molecular flexibility index (Phi) is 6.37. The molecule has 7 nitrogen and oxygen atoms in total. The zero-order valence-electron chi connectivity index (χ0n) is 18.2. The van der Waals surface area contributed by atoms with Crippen molar-refractivity contribution in [2.45, 2.75) is 19.8 Å². The van der Waals surface area contributed by atoms with E-state index in [1.54, 1.807) is 29.6 Å². The van der Waals surface area contributed by atoms with Gasteiger partial charge in [-0.1, -0.05) is 43.3 Å². The van der Waals surface area contributed by atoms with Crippen molar-refractivity contribution >= 4 is 40.0 Å². The molecule has 3 aromatic rings. The Morgan fingerprint density at radius 2 is 1.61 bits per heavy atom. The van der Waals surface area contributed by atoms with Crippen LogP contribution in [0.5, 0.6) is 0 Å². The molecule has 0 aliphatic carbocycles. The van der Waals surface area contributed by atoms with Crippen LogP contribution in [-0.2, 0) is 16.0 Å². The van der Waals surface area contributed by atoms with Crippen LogP contribution >= 0.6 is 11.3 Å². The third-order valence-corrected chi connectivity index (χ3v) is 6.44. The zero-order valence-corrected chi connectivity index (χ0v) is 19.0. The number of imide groups is 1. The standard InChI is InChI=1S/C25H22N2O5S/c1-3-15-8-10-16(11-9-15)19-14-33-22(21(19)25(31)32-2)26-20(28)12-13-27-23(29)17-6-4-5-7-18(17)24(27)30/h4-11,14H,3,12-13H2,1-2H3,(H,26,28). The Balaban J connectivity index is 1.49. The molecule has 0 saturated carbocycles. The van der Waals surface area contributed by atoms with Crippen LogP contribution in [0.4, 0.5) is 5.00 Å². The van der Waals surface area contributed by atoms with E-state index in [1.165, 1.54) is 24.0 Å². The average molecular weight is 463 g/mol. The number of hydrogen-bond donors (Lipinski definition) is 1. The van der Waals surface area contributed by atoms with E-state index in [0.29, 0.717) is 21.7 Å². The van der Waals surface area contributed by atoms with E-state index in [-0.39, 0.29) is 18.5 Å². The molecule has 3 amide bonds. The first-order chi connectivity index (χ1) is 15.9. The number of rotatable bonds is 7. The van der Waals surface area contributed by atoms with Gasteiger partial charge >= 0.3 is 5.97 Å². The van der Waals surface area contributed by atoms with Gasteiger partial charge < -0.3 is 10.1 Å². The molecule has 0 radical (unpaired) electrons. The maximum absolute atomic E-state index is 12.6. The van der Waals surface area contributed by atoms with Crippen molar-refractivity contribution < 1.29 is 23.9 Å². The molecule has 1 aliphatic rings. The highest BCUT2D eigenvalue weighted by atomic mass is 32.1. The van der Waals surface area contributed by atoms with Crippen LogP contribution < -0.4 is 5.32 Å². The molecule has 2 heterocycles. The molecule has 1 aliphatic heterocycles. The minimum Gasteiger partial charge on any atom is -0.465 e. The van der Waals surface area contributed by atoms with E-state index in [9.17, 15) is 19.2 Å². The monoisotopic (exact) mass is 462 g/mol. The highest BCUT2D eigenvalue weighted by Gasteiger charge is 2.35. The number of thiophene rings is 1. The van der Waals surface area contributed by atoms with Crippen LogP contribution in [0.15, 0.2) is 53.9 Å². The van der Waals surface area contributed by atoms with Gasteiger partial charge in [-0.15, -0.1) is 11.3 Å². The molecule has 1 aromatic heterocycles. The van der Waals surface area contributed by atoms with Crippen LogP contribution in [0.25, 0.3) is 11.1 Å². The number of methoxy groups -OCH3 is 1. The van der Waals surface area contributed by atoms with Crippen molar-refractivity contribution in [1.82, 2.24) is 4.90 Å². The van der Waals surface area contributed by atoms with Crippen molar-refractivity contribution in [2.24, 2.45) is 0 Å². The topological polar surface area (TPSA) is 92.8 Å². The predicted octanol–water partition coefficient (Wildman–Crippen LogP) is 4.39. The van der Waals surface area contributed by atoms with Crippen LogP contribution in [-0.4, -0.2) is 42.2 Å². The van der Waals surface area contributed by atoms with Gasteiger partial charge in [0, 0.05) is 23.9 Å². The van der Waals surface area contributed by atoms with Crippen LogP contribution in [0, 0.1) is 0 Å². The first-order valence-electron chi connectivity index (χ1n) is 10.5. The second-order valence-corrected chi connectivity index (χ2v) is 8.38. The Bertz CT molecular complexity index is 1210. The van der Waals surface area contributed by atoms with Gasteiger partial charge in [-0.25, -0.2) is 4.79 Å². The number of nitrogens with zero attached hydrogens (tertiary/aromatic N) is 1. The highest BCUT2D eigenvalue weighted by molar-refractivity contribution is 7.15. The van der Waals surface area contributed by atoms with Crippen molar-refractivity contribution in [3.8, 4) is 11.1 Å². The summed E-state index contributed by atoms with van der Waals surface area (Å²) in [6.07, 6.45) is 0.812. The summed E-state index contributed by atoms with van der Waals surface area (Å²) in [4.78, 5) is 51.2. The predicted molar refractivity (Wildman–Crippen MR) is 126 cm³/mol. The minimum absolute atomic E-state index is 0.0531. The number of carbonyl (C=O) groups is 4. The lowest BCUT2D eigenvalue weighted by atomic mass is 10.0. The molecular formula is C25H22N2O5S. The Morgan fingerprint density at radius 3 is 2.18 bits per heavy atom. The average Bonchev–Trinajstić information content (AvgIpc) is 3.36. The van der Waals surface area contributed by atoms with Crippen LogP contribution in [0.3, 0.4) is 0 Å². The van der Waals surface area contributed by atoms with Crippen LogP contribution in [0.1, 0.15) is 50.0 Å². The first-order valence-corrected chi connectivity index (χ1v) is 11.4. The smallest absolute Gasteiger partial charge is 0.341 e. The van der Waals surface area contributed by atoms with Gasteiger partial charge in [-0.05, 0) is 29.7 Å². The lowest BCUT2D eigenvalue weighted by Crippen LogP contribution is -2.32. The van der Waals surface area contributed by atoms with Gasteiger partial charge in [0.05, 0.1) is 18.2 Å². The summed E-state index contributed by atoms with van der Waals surface area (Å²) in [6.45, 7) is 2.01. The van der Waals surface area contributed by atoms with E-state index in [2.05, 4.69) is 12.2 Å². The fraction of sp³-hybridized carbons (Fsp3) is 0.200. The number of aryl methyl sites for hydroxylation is 1. The molecule has 168 valence electrons. The van der Waals surface area contributed by atoms with E-state index in [0.717, 1.165) is 16.9 Å². The molecule has 8 heteroatoms. The van der Waals surface area contributed by atoms with E-state index in [1.807, 2.05) is 24.3 Å². The molecule has 0 unspecified atom stereocenters. The van der Waals surface area contributed by atoms with Gasteiger partial charge in [0.25, 0.3) is 11.8 Å². The Labute approximate surface area is 195 Å². The minimum atomic E-state index is -0.554. The third-order valence-electron chi connectivity index (χ3n) is 5.55. The largest absolute Gasteiger partial charge is 0.465 e. The maximum atomic E-state index is 12.6. The van der Waals surface area contributed by atoms with Gasteiger partial charge in [0.15, 0.2) is 0 Å². The van der Waals surface area contributed by atoms with Crippen molar-refractivity contribution in [3.63, 3.8) is 0 Å². The van der Waals surface area contributed by atoms with Crippen molar-refractivity contribution in [1.29, 1.82) is 0 Å². The molecule has 33 heavy (non-hydrogen) atoms. The van der Waals surface area contributed by atoms with Crippen LogP contribution in [0.2, 0.25) is 0 Å². The highest BCUT2D eigenvalue weighted by Crippen LogP contribution is 2.36. The first kappa shape index (κ1) is 22.4. The van der Waals surface area contributed by atoms with E-state index >= 15 is 0 Å². The fourth-order valence-corrected chi connectivity index (χ4v) is 4.71. The third kappa shape index (κ3) is 4.29. The number of ether oxygens (including phenoxy) is 1. The quantitative estimate of drug-likeness (QED) is 0.415. The number of carbonyl (C=O) groups excluding carboxylic acids is 4. The second-order valence-electron chi connectivity index (χ2n) is 7.50. The van der Waals surface area contributed by atoms with E-state index in [4.69, 9.17) is 4.74 Å². The molecular weight excluding hydrogens is 440 g/mol. The molecule has 4 rings (SSSR count). The number of amides is 3. The van der Waals surface area contributed by atoms with Gasteiger partial charge in [-0.2, -0.15) is 0 Å². The molecule has 0 saturated heterocycles. The lowest BCUT2D eigenvalue weighted by Gasteiger charge is -2.13. The number of fused-ring (bicyclic) bond motifs is 1. The summed E-state index contributed by atoms with van der Waals surface area (Å²) in [5.74, 6) is -1.78. The molecule has 0 atom stereocenters. The van der Waals surface area contributed by atoms with Gasteiger partial charge in [-0.3, -0.25) is 19.3 Å². The number of anilines is 1. The molecule has 1 N–H and O–H groups in total. The lowest BCUT2D eigenvalue weighted by molar-refractivity contribution is -0.116. The number of esters is 1. The Hall–Kier alpha value is -3.78. The SMILES string of the molecule is CCc1ccc(-c2csc(NC(=O)CCN3C(=O)c4ccccc4C3=O)c2C(=O)OC)cc1. The van der Waals surface area contributed by atoms with Gasteiger partial charge in [0.2, 0.25) is 5.91 Å². The maximum Gasteiger partial charge on any atom is 0.341 e. The zero-order chi connectivity index (χ0) is 23.5.